The van der Waals surface area contributed by atoms with Crippen molar-refractivity contribution in [2.45, 2.75) is 25.4 Å². The predicted molar refractivity (Wildman–Crippen MR) is 67.4 cm³/mol. The van der Waals surface area contributed by atoms with Crippen LogP contribution in [-0.4, -0.2) is 22.4 Å². The smallest absolute Gasteiger partial charge is 0.379 e. The van der Waals surface area contributed by atoms with Gasteiger partial charge in [0.25, 0.3) is 0 Å². The van der Waals surface area contributed by atoms with E-state index in [1.807, 2.05) is 0 Å². The monoisotopic (exact) mass is 306 g/mol. The molecule has 1 aromatic heterocycles. The standard InChI is InChI=1S/C11H13F3N4O3/c12-11(13,14)9-5-7(8(6-17-9)18(20)21)16-4-2-1-3-10(15)19/h5-6H,1-4H2,(H2,15,19)(H,16,17). The van der Waals surface area contributed by atoms with E-state index in [0.29, 0.717) is 25.1 Å². The van der Waals surface area contributed by atoms with Gasteiger partial charge in [-0.05, 0) is 18.9 Å². The van der Waals surface area contributed by atoms with E-state index in [-0.39, 0.29) is 18.7 Å². The Morgan fingerprint density at radius 3 is 2.62 bits per heavy atom. The van der Waals surface area contributed by atoms with Crippen LogP contribution in [0.15, 0.2) is 12.3 Å². The molecular weight excluding hydrogens is 293 g/mol. The van der Waals surface area contributed by atoms with E-state index in [4.69, 9.17) is 5.73 Å². The molecule has 0 aliphatic heterocycles. The number of hydrogen-bond acceptors (Lipinski definition) is 5. The van der Waals surface area contributed by atoms with E-state index < -0.39 is 28.4 Å². The Morgan fingerprint density at radius 1 is 1.43 bits per heavy atom. The second-order valence-electron chi connectivity index (χ2n) is 4.19. The first-order valence-electron chi connectivity index (χ1n) is 5.95. The molecule has 0 radical (unpaired) electrons. The highest BCUT2D eigenvalue weighted by molar-refractivity contribution is 5.73. The minimum atomic E-state index is -4.68. The first-order chi connectivity index (χ1) is 9.71. The summed E-state index contributed by atoms with van der Waals surface area (Å²) in [6.07, 6.45) is -3.10. The summed E-state index contributed by atoms with van der Waals surface area (Å²) in [5, 5.41) is 13.3. The Kier molecular flexibility index (Phi) is 5.44. The van der Waals surface area contributed by atoms with Crippen molar-refractivity contribution in [3.05, 3.63) is 28.1 Å². The molecule has 1 rings (SSSR count). The van der Waals surface area contributed by atoms with Gasteiger partial charge < -0.3 is 11.1 Å². The minimum absolute atomic E-state index is 0.147. The first-order valence-corrected chi connectivity index (χ1v) is 5.95. The molecule has 116 valence electrons. The van der Waals surface area contributed by atoms with Crippen molar-refractivity contribution in [2.75, 3.05) is 11.9 Å². The molecule has 0 spiro atoms. The summed E-state index contributed by atoms with van der Waals surface area (Å²) in [5.74, 6) is -0.482. The number of anilines is 1. The number of hydrogen-bond donors (Lipinski definition) is 2. The zero-order valence-electron chi connectivity index (χ0n) is 10.8. The first kappa shape index (κ1) is 16.7. The van der Waals surface area contributed by atoms with E-state index in [0.717, 1.165) is 0 Å². The second-order valence-corrected chi connectivity index (χ2v) is 4.19. The van der Waals surface area contributed by atoms with Crippen LogP contribution in [0.25, 0.3) is 0 Å². The average molecular weight is 306 g/mol. The summed E-state index contributed by atoms with van der Waals surface area (Å²) < 4.78 is 37.6. The van der Waals surface area contributed by atoms with E-state index in [1.165, 1.54) is 0 Å². The normalized spacial score (nSPS) is 11.2. The Balaban J connectivity index is 2.77. The number of carbonyl (C=O) groups is 1. The van der Waals surface area contributed by atoms with Crippen LogP contribution in [0.5, 0.6) is 0 Å². The van der Waals surface area contributed by atoms with Crippen molar-refractivity contribution >= 4 is 17.3 Å². The van der Waals surface area contributed by atoms with Crippen molar-refractivity contribution in [1.82, 2.24) is 4.98 Å². The summed E-state index contributed by atoms with van der Waals surface area (Å²) in [5.41, 5.74) is 2.91. The van der Waals surface area contributed by atoms with Crippen LogP contribution in [0.3, 0.4) is 0 Å². The van der Waals surface area contributed by atoms with Crippen LogP contribution in [0, 0.1) is 10.1 Å². The van der Waals surface area contributed by atoms with Gasteiger partial charge in [0.1, 0.15) is 17.6 Å². The third kappa shape index (κ3) is 5.24. The molecule has 1 amide bonds. The fourth-order valence-corrected chi connectivity index (χ4v) is 1.54. The van der Waals surface area contributed by atoms with Gasteiger partial charge in [0, 0.05) is 13.0 Å². The molecule has 0 fully saturated rings. The van der Waals surface area contributed by atoms with Gasteiger partial charge in [0.2, 0.25) is 5.91 Å². The van der Waals surface area contributed by atoms with Gasteiger partial charge in [0.05, 0.1) is 4.92 Å². The number of rotatable bonds is 7. The lowest BCUT2D eigenvalue weighted by Crippen LogP contribution is -2.12. The van der Waals surface area contributed by atoms with Gasteiger partial charge >= 0.3 is 11.9 Å². The molecule has 10 heteroatoms. The maximum absolute atomic E-state index is 12.5. The molecule has 1 aromatic rings. The summed E-state index contributed by atoms with van der Waals surface area (Å²) >= 11 is 0. The lowest BCUT2D eigenvalue weighted by atomic mass is 10.2. The average Bonchev–Trinajstić information content (AvgIpc) is 2.36. The van der Waals surface area contributed by atoms with E-state index in [9.17, 15) is 28.1 Å². The summed E-state index contributed by atoms with van der Waals surface area (Å²) in [7, 11) is 0. The van der Waals surface area contributed by atoms with Crippen LogP contribution < -0.4 is 11.1 Å². The molecule has 0 aliphatic carbocycles. The number of pyridine rings is 1. The van der Waals surface area contributed by atoms with Crippen LogP contribution in [0.1, 0.15) is 25.0 Å². The second kappa shape index (κ2) is 6.86. The van der Waals surface area contributed by atoms with Gasteiger partial charge in [-0.25, -0.2) is 4.98 Å². The highest BCUT2D eigenvalue weighted by Crippen LogP contribution is 2.32. The Hall–Kier alpha value is -2.39. The van der Waals surface area contributed by atoms with Gasteiger partial charge in [-0.1, -0.05) is 0 Å². The quantitative estimate of drug-likeness (QED) is 0.455. The van der Waals surface area contributed by atoms with Crippen molar-refractivity contribution in [3.63, 3.8) is 0 Å². The van der Waals surface area contributed by atoms with E-state index in [1.54, 1.807) is 0 Å². The van der Waals surface area contributed by atoms with Crippen molar-refractivity contribution in [2.24, 2.45) is 5.73 Å². The van der Waals surface area contributed by atoms with Crippen LogP contribution in [0.4, 0.5) is 24.5 Å². The molecule has 0 bridgehead atoms. The zero-order chi connectivity index (χ0) is 16.0. The molecule has 3 N–H and O–H groups in total. The SMILES string of the molecule is NC(=O)CCCCNc1cc(C(F)(F)F)ncc1[N+](=O)[O-]. The van der Waals surface area contributed by atoms with Crippen molar-refractivity contribution in [3.8, 4) is 0 Å². The number of alkyl halides is 3. The maximum Gasteiger partial charge on any atom is 0.433 e. The van der Waals surface area contributed by atoms with E-state index >= 15 is 0 Å². The molecule has 1 heterocycles. The third-order valence-electron chi connectivity index (χ3n) is 2.54. The van der Waals surface area contributed by atoms with Crippen LogP contribution in [-0.2, 0) is 11.0 Å². The third-order valence-corrected chi connectivity index (χ3v) is 2.54. The number of nitrogens with zero attached hydrogens (tertiary/aromatic N) is 2. The number of primary amides is 1. The number of nitrogens with one attached hydrogen (secondary N) is 1. The molecule has 21 heavy (non-hydrogen) atoms. The van der Waals surface area contributed by atoms with Crippen LogP contribution in [0.2, 0.25) is 0 Å². The zero-order valence-corrected chi connectivity index (χ0v) is 10.8. The lowest BCUT2D eigenvalue weighted by molar-refractivity contribution is -0.384. The molecule has 0 saturated heterocycles. The largest absolute Gasteiger partial charge is 0.433 e. The molecule has 0 unspecified atom stereocenters. The van der Waals surface area contributed by atoms with Gasteiger partial charge in [-0.3, -0.25) is 14.9 Å². The van der Waals surface area contributed by atoms with Crippen LogP contribution >= 0.6 is 0 Å². The maximum atomic E-state index is 12.5. The topological polar surface area (TPSA) is 111 Å². The number of nitro groups is 1. The number of nitrogens with two attached hydrogens (primary N) is 1. The number of halogens is 3. The fourth-order valence-electron chi connectivity index (χ4n) is 1.54. The number of unbranched alkanes of at least 4 members (excludes halogenated alkanes) is 1. The lowest BCUT2D eigenvalue weighted by Gasteiger charge is -2.10. The van der Waals surface area contributed by atoms with Crippen molar-refractivity contribution in [1.29, 1.82) is 0 Å². The Labute approximate surface area is 117 Å². The minimum Gasteiger partial charge on any atom is -0.379 e. The molecule has 7 nitrogen and oxygen atoms in total. The highest BCUT2D eigenvalue weighted by atomic mass is 19.4. The van der Waals surface area contributed by atoms with Gasteiger partial charge in [0.15, 0.2) is 0 Å². The molecule has 0 aromatic carbocycles. The summed E-state index contributed by atoms with van der Waals surface area (Å²) in [6.45, 7) is 0.176. The molecule has 0 aliphatic rings. The molecule has 0 saturated carbocycles. The fraction of sp³-hybridized carbons (Fsp3) is 0.455. The Bertz CT molecular complexity index is 534. The number of carbonyl (C=O) groups excluding carboxylic acids is 1. The molecular formula is C11H13F3N4O3. The number of amides is 1. The summed E-state index contributed by atoms with van der Waals surface area (Å²) in [4.78, 5) is 23.5. The number of aromatic nitrogens is 1. The van der Waals surface area contributed by atoms with E-state index in [2.05, 4.69) is 10.3 Å². The van der Waals surface area contributed by atoms with Gasteiger partial charge in [-0.2, -0.15) is 13.2 Å². The highest BCUT2D eigenvalue weighted by Gasteiger charge is 2.34. The van der Waals surface area contributed by atoms with Gasteiger partial charge in [-0.15, -0.1) is 0 Å². The predicted octanol–water partition coefficient (Wildman–Crippen LogP) is 2.08. The van der Waals surface area contributed by atoms with Crippen molar-refractivity contribution < 1.29 is 22.9 Å². The molecule has 0 atom stereocenters. The summed E-state index contributed by atoms with van der Waals surface area (Å²) in [6, 6.07) is 0.590. The Morgan fingerprint density at radius 2 is 2.10 bits per heavy atom.